The Balaban J connectivity index is 2.48. The van der Waals surface area contributed by atoms with Crippen molar-refractivity contribution in [2.45, 2.75) is 26.4 Å². The van der Waals surface area contributed by atoms with Crippen molar-refractivity contribution in [1.82, 2.24) is 0 Å². The maximum Gasteiger partial charge on any atom is 0.115 e. The number of hydrogen-bond donors (Lipinski definition) is 0. The van der Waals surface area contributed by atoms with E-state index in [0.717, 1.165) is 5.92 Å². The van der Waals surface area contributed by atoms with Gasteiger partial charge in [-0.25, -0.2) is 0 Å². The van der Waals surface area contributed by atoms with Gasteiger partial charge in [0.05, 0.1) is 0 Å². The SMILES string of the molecule is CC(C)C[Si](C)(c1ccccc1)c1ccccc1. The Hall–Kier alpha value is -1.34. The molecule has 18 heavy (non-hydrogen) atoms. The first-order chi connectivity index (χ1) is 8.63. The van der Waals surface area contributed by atoms with Gasteiger partial charge in [-0.15, -0.1) is 0 Å². The predicted octanol–water partition coefficient (Wildman–Crippen LogP) is 3.54. The maximum absolute atomic E-state index is 2.50. The van der Waals surface area contributed by atoms with Crippen LogP contribution < -0.4 is 10.4 Å². The summed E-state index contributed by atoms with van der Waals surface area (Å²) in [5.74, 6) is 0.738. The van der Waals surface area contributed by atoms with Crippen LogP contribution in [-0.4, -0.2) is 8.07 Å². The van der Waals surface area contributed by atoms with Crippen LogP contribution >= 0.6 is 0 Å². The lowest BCUT2D eigenvalue weighted by atomic mass is 10.3. The van der Waals surface area contributed by atoms with Crippen molar-refractivity contribution < 1.29 is 0 Å². The van der Waals surface area contributed by atoms with Crippen LogP contribution in [0.15, 0.2) is 60.7 Å². The first-order valence-electron chi connectivity index (χ1n) is 6.74. The molecule has 0 atom stereocenters. The minimum Gasteiger partial charge on any atom is -0.0630 e. The van der Waals surface area contributed by atoms with Gasteiger partial charge in [-0.1, -0.05) is 91.4 Å². The molecular weight excluding hydrogens is 232 g/mol. The Bertz CT molecular complexity index is 434. The van der Waals surface area contributed by atoms with E-state index < -0.39 is 8.07 Å². The van der Waals surface area contributed by atoms with Crippen molar-refractivity contribution in [2.75, 3.05) is 0 Å². The van der Waals surface area contributed by atoms with E-state index in [4.69, 9.17) is 0 Å². The van der Waals surface area contributed by atoms with E-state index >= 15 is 0 Å². The van der Waals surface area contributed by atoms with E-state index in [1.54, 1.807) is 10.4 Å². The van der Waals surface area contributed by atoms with Crippen LogP contribution in [0.2, 0.25) is 12.6 Å². The summed E-state index contributed by atoms with van der Waals surface area (Å²) in [7, 11) is -1.56. The molecule has 0 unspecified atom stereocenters. The normalized spacial score (nSPS) is 11.8. The van der Waals surface area contributed by atoms with Crippen molar-refractivity contribution in [3.8, 4) is 0 Å². The van der Waals surface area contributed by atoms with Crippen molar-refractivity contribution in [2.24, 2.45) is 5.92 Å². The van der Waals surface area contributed by atoms with Gasteiger partial charge in [0.25, 0.3) is 0 Å². The first kappa shape index (κ1) is 13.1. The molecule has 0 fully saturated rings. The average molecular weight is 254 g/mol. The third kappa shape index (κ3) is 2.73. The van der Waals surface area contributed by atoms with E-state index in [1.165, 1.54) is 6.04 Å². The van der Waals surface area contributed by atoms with Crippen LogP contribution in [0, 0.1) is 5.92 Å². The molecule has 2 aromatic rings. The van der Waals surface area contributed by atoms with E-state index in [2.05, 4.69) is 81.1 Å². The van der Waals surface area contributed by atoms with Crippen LogP contribution in [0.25, 0.3) is 0 Å². The molecule has 0 bridgehead atoms. The molecule has 0 nitrogen and oxygen atoms in total. The third-order valence-electron chi connectivity index (χ3n) is 3.64. The summed E-state index contributed by atoms with van der Waals surface area (Å²) in [6.45, 7) is 7.16. The Morgan fingerprint density at radius 2 is 1.17 bits per heavy atom. The summed E-state index contributed by atoms with van der Waals surface area (Å²) in [5.41, 5.74) is 0. The molecule has 0 saturated heterocycles. The lowest BCUT2D eigenvalue weighted by Gasteiger charge is -2.30. The van der Waals surface area contributed by atoms with E-state index in [9.17, 15) is 0 Å². The maximum atomic E-state index is 2.50. The van der Waals surface area contributed by atoms with Crippen LogP contribution in [0.5, 0.6) is 0 Å². The molecule has 0 spiro atoms. The van der Waals surface area contributed by atoms with Gasteiger partial charge >= 0.3 is 0 Å². The quantitative estimate of drug-likeness (QED) is 0.732. The van der Waals surface area contributed by atoms with E-state index in [1.807, 2.05) is 0 Å². The van der Waals surface area contributed by atoms with Crippen LogP contribution in [0.4, 0.5) is 0 Å². The minimum absolute atomic E-state index is 0.738. The molecule has 2 rings (SSSR count). The number of hydrogen-bond acceptors (Lipinski definition) is 0. The molecule has 94 valence electrons. The minimum atomic E-state index is -1.56. The zero-order valence-electron chi connectivity index (χ0n) is 11.6. The molecule has 1 heteroatoms. The summed E-state index contributed by atoms with van der Waals surface area (Å²) < 4.78 is 0. The van der Waals surface area contributed by atoms with Gasteiger partial charge in [0.1, 0.15) is 8.07 Å². The third-order valence-corrected chi connectivity index (χ3v) is 8.49. The van der Waals surface area contributed by atoms with Crippen LogP contribution in [0.3, 0.4) is 0 Å². The van der Waals surface area contributed by atoms with Crippen molar-refractivity contribution in [3.63, 3.8) is 0 Å². The van der Waals surface area contributed by atoms with Crippen molar-refractivity contribution in [1.29, 1.82) is 0 Å². The fourth-order valence-corrected chi connectivity index (χ4v) is 7.12. The van der Waals surface area contributed by atoms with E-state index in [-0.39, 0.29) is 0 Å². The van der Waals surface area contributed by atoms with Gasteiger partial charge in [-0.05, 0) is 12.0 Å². The smallest absolute Gasteiger partial charge is 0.0630 e. The largest absolute Gasteiger partial charge is 0.115 e. The van der Waals surface area contributed by atoms with Gasteiger partial charge < -0.3 is 0 Å². The summed E-state index contributed by atoms with van der Waals surface area (Å²) in [4.78, 5) is 0. The second-order valence-corrected chi connectivity index (χ2v) is 9.89. The highest BCUT2D eigenvalue weighted by atomic mass is 28.3. The Morgan fingerprint density at radius 3 is 1.50 bits per heavy atom. The first-order valence-corrected chi connectivity index (χ1v) is 9.44. The molecular formula is C17H22Si. The zero-order valence-corrected chi connectivity index (χ0v) is 12.6. The Morgan fingerprint density at radius 1 is 0.778 bits per heavy atom. The predicted molar refractivity (Wildman–Crippen MR) is 83.4 cm³/mol. The molecule has 0 radical (unpaired) electrons. The highest BCUT2D eigenvalue weighted by Crippen LogP contribution is 2.17. The summed E-state index contributed by atoms with van der Waals surface area (Å²) in [6, 6.07) is 23.4. The number of benzene rings is 2. The Kier molecular flexibility index (Phi) is 4.03. The van der Waals surface area contributed by atoms with Gasteiger partial charge in [0.2, 0.25) is 0 Å². The summed E-state index contributed by atoms with van der Waals surface area (Å²) in [5, 5.41) is 3.09. The molecule has 0 aliphatic carbocycles. The second-order valence-electron chi connectivity index (χ2n) is 5.66. The van der Waals surface area contributed by atoms with Crippen molar-refractivity contribution in [3.05, 3.63) is 60.7 Å². The molecule has 0 heterocycles. The topological polar surface area (TPSA) is 0 Å². The van der Waals surface area contributed by atoms with Gasteiger partial charge in [0.15, 0.2) is 0 Å². The van der Waals surface area contributed by atoms with Gasteiger partial charge in [-0.3, -0.25) is 0 Å². The highest BCUT2D eigenvalue weighted by Gasteiger charge is 2.31. The monoisotopic (exact) mass is 254 g/mol. The summed E-state index contributed by atoms with van der Waals surface area (Å²) >= 11 is 0. The van der Waals surface area contributed by atoms with E-state index in [0.29, 0.717) is 0 Å². The lowest BCUT2D eigenvalue weighted by Crippen LogP contribution is -2.56. The highest BCUT2D eigenvalue weighted by molar-refractivity contribution is 7.01. The summed E-state index contributed by atoms with van der Waals surface area (Å²) in [6.07, 6.45) is 0. The molecule has 0 saturated carbocycles. The van der Waals surface area contributed by atoms with Crippen LogP contribution in [-0.2, 0) is 0 Å². The fourth-order valence-electron chi connectivity index (χ4n) is 2.83. The molecule has 0 amide bonds. The standard InChI is InChI=1S/C17H22Si/c1-15(2)14-18(3,16-10-6-4-7-11-16)17-12-8-5-9-13-17/h4-13,15H,14H2,1-3H3. The fraction of sp³-hybridized carbons (Fsp3) is 0.294. The van der Waals surface area contributed by atoms with Crippen molar-refractivity contribution >= 4 is 18.4 Å². The molecule has 0 aliphatic heterocycles. The molecule has 0 aliphatic rings. The second kappa shape index (κ2) is 5.53. The van der Waals surface area contributed by atoms with Gasteiger partial charge in [0, 0.05) is 0 Å². The number of rotatable bonds is 4. The average Bonchev–Trinajstić information content (AvgIpc) is 2.40. The Labute approximate surface area is 112 Å². The zero-order chi connectivity index (χ0) is 13.0. The molecule has 0 aromatic heterocycles. The lowest BCUT2D eigenvalue weighted by molar-refractivity contribution is 0.724. The molecule has 2 aromatic carbocycles. The van der Waals surface area contributed by atoms with Gasteiger partial charge in [-0.2, -0.15) is 0 Å². The van der Waals surface area contributed by atoms with Crippen LogP contribution in [0.1, 0.15) is 13.8 Å². The molecule has 0 N–H and O–H groups in total.